The van der Waals surface area contributed by atoms with Crippen LogP contribution in [0.5, 0.6) is 0 Å². The summed E-state index contributed by atoms with van der Waals surface area (Å²) in [5.41, 5.74) is 0. The molecule has 0 aromatic rings. The average Bonchev–Trinajstić information content (AvgIpc) is 2.45. The molecule has 0 bridgehead atoms. The summed E-state index contributed by atoms with van der Waals surface area (Å²) in [4.78, 5) is 61.9. The highest BCUT2D eigenvalue weighted by Gasteiger charge is 2.76. The third-order valence-electron chi connectivity index (χ3n) is 2.66. The van der Waals surface area contributed by atoms with Gasteiger partial charge >= 0.3 is 11.6 Å². The molecule has 0 atom stereocenters. The SMILES string of the molecule is O=NN(CC([N+](=O)[O-])([N+](=O)[O-])[N+](=O)[O-])CC([N+](=O)[O-])([N+](=O)[O-])[N+](=O)[O-]. The van der Waals surface area contributed by atoms with Crippen molar-refractivity contribution in [2.45, 2.75) is 11.6 Å². The van der Waals surface area contributed by atoms with Gasteiger partial charge in [-0.05, 0) is 0 Å². The number of nitrogens with zero attached hydrogens (tertiary/aromatic N) is 8. The molecule has 25 heavy (non-hydrogen) atoms. The molecule has 0 aliphatic carbocycles. The van der Waals surface area contributed by atoms with Crippen LogP contribution in [-0.2, 0) is 0 Å². The van der Waals surface area contributed by atoms with Crippen molar-refractivity contribution in [2.75, 3.05) is 13.1 Å². The van der Waals surface area contributed by atoms with Gasteiger partial charge in [0.1, 0.15) is 0 Å². The molecule has 21 heteroatoms. The summed E-state index contributed by atoms with van der Waals surface area (Å²) in [6.07, 6.45) is 0. The van der Waals surface area contributed by atoms with Crippen LogP contribution in [0.2, 0.25) is 0 Å². The molecule has 0 unspecified atom stereocenters. The summed E-state index contributed by atoms with van der Waals surface area (Å²) in [7, 11) is 0. The highest BCUT2D eigenvalue weighted by atomic mass is 16.7. The lowest BCUT2D eigenvalue weighted by Crippen LogP contribution is -2.64. The first kappa shape index (κ1) is 20.8. The minimum absolute atomic E-state index is 0.789. The van der Waals surface area contributed by atoms with E-state index in [1.54, 1.807) is 5.29 Å². The van der Waals surface area contributed by atoms with E-state index in [0.717, 1.165) is 0 Å². The van der Waals surface area contributed by atoms with Gasteiger partial charge in [-0.1, -0.05) is 0 Å². The maximum Gasteiger partial charge on any atom is 0.719 e. The summed E-state index contributed by atoms with van der Waals surface area (Å²) in [6, 6.07) is 0. The Labute approximate surface area is 131 Å². The van der Waals surface area contributed by atoms with Gasteiger partial charge < -0.3 is 0 Å². The highest BCUT2D eigenvalue weighted by Crippen LogP contribution is 2.20. The molecule has 0 aromatic carbocycles. The molecule has 0 aromatic heterocycles. The first-order valence-corrected chi connectivity index (χ1v) is 5.25. The first-order valence-electron chi connectivity index (χ1n) is 5.25. The minimum atomic E-state index is -4.41. The van der Waals surface area contributed by atoms with Gasteiger partial charge in [0.2, 0.25) is 0 Å². The Morgan fingerprint density at radius 1 is 0.600 bits per heavy atom. The van der Waals surface area contributed by atoms with E-state index in [9.17, 15) is 65.6 Å². The van der Waals surface area contributed by atoms with Crippen molar-refractivity contribution >= 4 is 0 Å². The standard InChI is InChI=1S/C4H4N8O13/c13-5-6(1-3(7(14)15,8(16)17)9(18)19)2-4(10(20)21,11(22)23)12(24)25/h1-2H2. The van der Waals surface area contributed by atoms with E-state index >= 15 is 0 Å². The smallest absolute Gasteiger partial charge is 0.253 e. The summed E-state index contributed by atoms with van der Waals surface area (Å²) in [5.74, 6) is -8.83. The zero-order valence-corrected chi connectivity index (χ0v) is 11.3. The van der Waals surface area contributed by atoms with Crippen LogP contribution in [-0.4, -0.2) is 59.2 Å². The van der Waals surface area contributed by atoms with Gasteiger partial charge in [0.15, 0.2) is 29.5 Å². The van der Waals surface area contributed by atoms with Gasteiger partial charge in [0.25, 0.3) is 13.1 Å². The fourth-order valence-corrected chi connectivity index (χ4v) is 1.35. The monoisotopic (exact) mass is 372 g/mol. The normalized spacial score (nSPS) is 11.2. The number of hydrogen-bond donors (Lipinski definition) is 0. The largest absolute Gasteiger partial charge is 0.719 e. The van der Waals surface area contributed by atoms with Gasteiger partial charge in [-0.2, -0.15) is 0 Å². The van der Waals surface area contributed by atoms with Crippen LogP contribution in [0.3, 0.4) is 0 Å². The summed E-state index contributed by atoms with van der Waals surface area (Å²) in [5, 5.41) is 65.0. The fraction of sp³-hybridized carbons (Fsp3) is 1.00. The van der Waals surface area contributed by atoms with Crippen molar-refractivity contribution in [3.05, 3.63) is 65.6 Å². The second-order valence-electron chi connectivity index (χ2n) is 4.00. The van der Waals surface area contributed by atoms with E-state index in [4.69, 9.17) is 0 Å². The molecule has 0 fully saturated rings. The van der Waals surface area contributed by atoms with Crippen LogP contribution in [0, 0.1) is 65.6 Å². The van der Waals surface area contributed by atoms with Gasteiger partial charge in [-0.3, -0.25) is 60.7 Å². The van der Waals surface area contributed by atoms with E-state index in [1.165, 1.54) is 0 Å². The van der Waals surface area contributed by atoms with Crippen LogP contribution >= 0.6 is 0 Å². The summed E-state index contributed by atoms with van der Waals surface area (Å²) >= 11 is 0. The van der Waals surface area contributed by atoms with E-state index in [-0.39, 0.29) is 0 Å². The van der Waals surface area contributed by atoms with Crippen LogP contribution in [0.4, 0.5) is 0 Å². The van der Waals surface area contributed by atoms with Crippen molar-refractivity contribution in [3.63, 3.8) is 0 Å². The molecule has 0 radical (unpaired) electrons. The molecule has 0 saturated heterocycles. The van der Waals surface area contributed by atoms with Gasteiger partial charge in [-0.25, -0.2) is 5.01 Å². The van der Waals surface area contributed by atoms with E-state index in [2.05, 4.69) is 0 Å². The van der Waals surface area contributed by atoms with Crippen LogP contribution in [0.1, 0.15) is 0 Å². The van der Waals surface area contributed by atoms with Crippen LogP contribution in [0.15, 0.2) is 5.29 Å². The Morgan fingerprint density at radius 3 is 0.920 bits per heavy atom. The van der Waals surface area contributed by atoms with E-state index < -0.39 is 59.2 Å². The molecule has 0 rings (SSSR count). The van der Waals surface area contributed by atoms with Crippen molar-refractivity contribution < 1.29 is 29.5 Å². The van der Waals surface area contributed by atoms with Crippen LogP contribution < -0.4 is 0 Å². The summed E-state index contributed by atoms with van der Waals surface area (Å²) < 4.78 is 0. The van der Waals surface area contributed by atoms with Crippen molar-refractivity contribution in [1.82, 2.24) is 5.01 Å². The molecular weight excluding hydrogens is 368 g/mol. The lowest BCUT2D eigenvalue weighted by atomic mass is 10.3. The quantitative estimate of drug-likeness (QED) is 0.163. The molecule has 138 valence electrons. The molecule has 0 spiro atoms. The number of hydrogen-bond acceptors (Lipinski definition) is 14. The number of nitro groups is 6. The highest BCUT2D eigenvalue weighted by molar-refractivity contribution is 4.66. The zero-order valence-electron chi connectivity index (χ0n) is 11.3. The predicted octanol–water partition coefficient (Wildman–Crippen LogP) is -2.06. The maximum atomic E-state index is 10.7. The van der Waals surface area contributed by atoms with Gasteiger partial charge in [0, 0.05) is 0 Å². The second kappa shape index (κ2) is 6.92. The Balaban J connectivity index is 6.15. The Kier molecular flexibility index (Phi) is 5.76. The first-order chi connectivity index (χ1) is 11.3. The van der Waals surface area contributed by atoms with Crippen molar-refractivity contribution in [2.24, 2.45) is 5.29 Å². The zero-order chi connectivity index (χ0) is 20.2. The maximum absolute atomic E-state index is 10.7. The Morgan fingerprint density at radius 2 is 0.800 bits per heavy atom. The fourth-order valence-electron chi connectivity index (χ4n) is 1.35. The average molecular weight is 372 g/mol. The molecular formula is C4H4N8O13. The molecule has 21 nitrogen and oxygen atoms in total. The lowest BCUT2D eigenvalue weighted by molar-refractivity contribution is -0.975. The molecule has 0 heterocycles. The number of rotatable bonds is 11. The second-order valence-corrected chi connectivity index (χ2v) is 4.00. The molecule has 0 saturated carbocycles. The molecule has 0 aliphatic heterocycles. The summed E-state index contributed by atoms with van der Waals surface area (Å²) in [6.45, 7) is -4.53. The van der Waals surface area contributed by atoms with Gasteiger partial charge in [-0.15, -0.1) is 4.91 Å². The lowest BCUT2D eigenvalue weighted by Gasteiger charge is -2.16. The van der Waals surface area contributed by atoms with E-state index in [0.29, 0.717) is 0 Å². The Hall–Kier alpha value is -4.20. The number of nitroso groups, excluding NO2 is 1. The van der Waals surface area contributed by atoms with E-state index in [1.807, 2.05) is 0 Å². The molecule has 0 aliphatic rings. The van der Waals surface area contributed by atoms with Gasteiger partial charge in [0.05, 0.1) is 5.29 Å². The minimum Gasteiger partial charge on any atom is -0.253 e. The predicted molar refractivity (Wildman–Crippen MR) is 64.8 cm³/mol. The van der Waals surface area contributed by atoms with Crippen molar-refractivity contribution in [1.29, 1.82) is 0 Å². The Bertz CT molecular complexity index is 532. The topological polar surface area (TPSA) is 292 Å². The molecule has 0 amide bonds. The third-order valence-corrected chi connectivity index (χ3v) is 2.66. The van der Waals surface area contributed by atoms with Crippen LogP contribution in [0.25, 0.3) is 0 Å². The third kappa shape index (κ3) is 3.27. The molecule has 0 N–H and O–H groups in total. The van der Waals surface area contributed by atoms with Crippen molar-refractivity contribution in [3.8, 4) is 0 Å².